The number of carbonyl (C=O) groups excluding carboxylic acids is 3. The molecule has 0 aliphatic heterocycles. The molecule has 10 heteroatoms. The molecule has 6 nitrogen and oxygen atoms in total. The molecule has 0 bridgehead atoms. The maximum absolute atomic E-state index is 13.3. The molecule has 2 aromatic rings. The maximum atomic E-state index is 13.3. The predicted molar refractivity (Wildman–Crippen MR) is 117 cm³/mol. The number of rotatable bonds is 7. The summed E-state index contributed by atoms with van der Waals surface area (Å²) in [5, 5.41) is 5.82. The topological polar surface area (TPSA) is 78.5 Å². The Bertz CT molecular complexity index is 955. The quantitative estimate of drug-likeness (QED) is 0.645. The summed E-state index contributed by atoms with van der Waals surface area (Å²) in [7, 11) is 0. The second kappa shape index (κ2) is 10.3. The highest BCUT2D eigenvalue weighted by molar-refractivity contribution is 7.20. The standard InChI is InChI=1S/C21H24ClF2N3O3S/c1-12(26-17(28)9-13-7-14(23)10-15(24)8-13)20(30)27(19-6-5-16(22)31-19)18(29)11-25-21(2,3)4/h5-8,10,12,25H,9,11H2,1-4H3,(H,26,28)/t12-/m0/s1. The summed E-state index contributed by atoms with van der Waals surface area (Å²) in [6.07, 6.45) is -0.323. The summed E-state index contributed by atoms with van der Waals surface area (Å²) in [4.78, 5) is 39.1. The van der Waals surface area contributed by atoms with E-state index in [1.807, 2.05) is 20.8 Å². The van der Waals surface area contributed by atoms with E-state index >= 15 is 0 Å². The SMILES string of the molecule is C[C@H](NC(=O)Cc1cc(F)cc(F)c1)C(=O)N(C(=O)CNC(C)(C)C)c1ccc(Cl)s1. The molecule has 1 aromatic heterocycles. The lowest BCUT2D eigenvalue weighted by molar-refractivity contribution is -0.130. The number of halogens is 3. The zero-order valence-electron chi connectivity index (χ0n) is 17.6. The van der Waals surface area contributed by atoms with Crippen molar-refractivity contribution in [3.63, 3.8) is 0 Å². The van der Waals surface area contributed by atoms with Gasteiger partial charge in [0.15, 0.2) is 0 Å². The minimum Gasteiger partial charge on any atom is -0.344 e. The number of hydrogen-bond acceptors (Lipinski definition) is 5. The molecule has 168 valence electrons. The number of hydrogen-bond donors (Lipinski definition) is 2. The molecule has 31 heavy (non-hydrogen) atoms. The zero-order chi connectivity index (χ0) is 23.3. The molecule has 1 heterocycles. The van der Waals surface area contributed by atoms with Gasteiger partial charge in [0, 0.05) is 11.6 Å². The number of carbonyl (C=O) groups is 3. The van der Waals surface area contributed by atoms with Crippen molar-refractivity contribution in [1.82, 2.24) is 10.6 Å². The van der Waals surface area contributed by atoms with Crippen molar-refractivity contribution < 1.29 is 23.2 Å². The van der Waals surface area contributed by atoms with Crippen LogP contribution < -0.4 is 15.5 Å². The molecule has 0 radical (unpaired) electrons. The smallest absolute Gasteiger partial charge is 0.256 e. The minimum atomic E-state index is -1.06. The fourth-order valence-corrected chi connectivity index (χ4v) is 3.70. The molecule has 3 amide bonds. The normalized spacial score (nSPS) is 12.4. The first-order valence-electron chi connectivity index (χ1n) is 9.47. The fraction of sp³-hybridized carbons (Fsp3) is 0.381. The van der Waals surface area contributed by atoms with Gasteiger partial charge < -0.3 is 10.6 Å². The van der Waals surface area contributed by atoms with Crippen molar-refractivity contribution in [3.05, 3.63) is 51.9 Å². The second-order valence-electron chi connectivity index (χ2n) is 7.99. The first-order valence-corrected chi connectivity index (χ1v) is 10.7. The summed E-state index contributed by atoms with van der Waals surface area (Å²) in [6, 6.07) is 4.82. The van der Waals surface area contributed by atoms with Gasteiger partial charge >= 0.3 is 0 Å². The maximum Gasteiger partial charge on any atom is 0.256 e. The van der Waals surface area contributed by atoms with Crippen molar-refractivity contribution in [2.75, 3.05) is 11.4 Å². The summed E-state index contributed by atoms with van der Waals surface area (Å²) < 4.78 is 27.0. The first kappa shape index (κ1) is 24.9. The highest BCUT2D eigenvalue weighted by Crippen LogP contribution is 2.30. The van der Waals surface area contributed by atoms with Crippen LogP contribution in [-0.4, -0.2) is 35.8 Å². The molecule has 0 saturated heterocycles. The van der Waals surface area contributed by atoms with Crippen LogP contribution in [0.3, 0.4) is 0 Å². The second-order valence-corrected chi connectivity index (χ2v) is 9.69. The number of amides is 3. The molecule has 2 rings (SSSR count). The number of nitrogens with zero attached hydrogens (tertiary/aromatic N) is 1. The van der Waals surface area contributed by atoms with Crippen molar-refractivity contribution in [2.45, 2.75) is 45.7 Å². The summed E-state index contributed by atoms with van der Waals surface area (Å²) >= 11 is 7.02. The van der Waals surface area contributed by atoms with Gasteiger partial charge in [-0.3, -0.25) is 14.4 Å². The molecular weight excluding hydrogens is 448 g/mol. The Balaban J connectivity index is 2.13. The van der Waals surface area contributed by atoms with E-state index in [0.29, 0.717) is 15.4 Å². The van der Waals surface area contributed by atoms with E-state index in [4.69, 9.17) is 11.6 Å². The minimum absolute atomic E-state index is 0.103. The van der Waals surface area contributed by atoms with Crippen molar-refractivity contribution in [1.29, 1.82) is 0 Å². The predicted octanol–water partition coefficient (Wildman–Crippen LogP) is 3.67. The molecule has 0 aliphatic carbocycles. The van der Waals surface area contributed by atoms with Gasteiger partial charge in [0.25, 0.3) is 5.91 Å². The molecule has 0 saturated carbocycles. The molecule has 0 fully saturated rings. The van der Waals surface area contributed by atoms with Gasteiger partial charge in [-0.15, -0.1) is 11.3 Å². The first-order chi connectivity index (χ1) is 14.4. The van der Waals surface area contributed by atoms with Gasteiger partial charge in [0.2, 0.25) is 11.8 Å². The number of imide groups is 1. The molecule has 0 aliphatic rings. The average molecular weight is 472 g/mol. The Morgan fingerprint density at radius 3 is 2.26 bits per heavy atom. The number of benzene rings is 1. The van der Waals surface area contributed by atoms with Crippen LogP contribution in [0.25, 0.3) is 0 Å². The summed E-state index contributed by atoms with van der Waals surface area (Å²) in [5.74, 6) is -3.38. The van der Waals surface area contributed by atoms with E-state index in [1.54, 1.807) is 12.1 Å². The Hall–Kier alpha value is -2.36. The van der Waals surface area contributed by atoms with Gasteiger partial charge in [-0.05, 0) is 57.5 Å². The van der Waals surface area contributed by atoms with Crippen molar-refractivity contribution >= 4 is 45.7 Å². The van der Waals surface area contributed by atoms with E-state index in [0.717, 1.165) is 28.4 Å². The monoisotopic (exact) mass is 471 g/mol. The third-order valence-corrected chi connectivity index (χ3v) is 5.27. The molecule has 1 atom stereocenters. The Morgan fingerprint density at radius 2 is 1.74 bits per heavy atom. The zero-order valence-corrected chi connectivity index (χ0v) is 19.2. The third kappa shape index (κ3) is 7.68. The van der Waals surface area contributed by atoms with Crippen molar-refractivity contribution in [3.8, 4) is 0 Å². The Kier molecular flexibility index (Phi) is 8.27. The molecular formula is C21H24ClF2N3O3S. The lowest BCUT2D eigenvalue weighted by atomic mass is 10.1. The number of anilines is 1. The Morgan fingerprint density at radius 1 is 1.13 bits per heavy atom. The van der Waals surface area contributed by atoms with Crippen LogP contribution in [0.5, 0.6) is 0 Å². The van der Waals surface area contributed by atoms with Crippen LogP contribution in [0.1, 0.15) is 33.3 Å². The lowest BCUT2D eigenvalue weighted by Gasteiger charge is -2.26. The number of nitrogens with one attached hydrogen (secondary N) is 2. The van der Waals surface area contributed by atoms with Gasteiger partial charge in [0.05, 0.1) is 17.3 Å². The van der Waals surface area contributed by atoms with Crippen LogP contribution in [0, 0.1) is 11.6 Å². The largest absolute Gasteiger partial charge is 0.344 e. The van der Waals surface area contributed by atoms with Gasteiger partial charge in [-0.1, -0.05) is 11.6 Å². The fourth-order valence-electron chi connectivity index (χ4n) is 2.65. The van der Waals surface area contributed by atoms with Gasteiger partial charge in [-0.2, -0.15) is 0 Å². The van der Waals surface area contributed by atoms with Gasteiger partial charge in [-0.25, -0.2) is 13.7 Å². The summed E-state index contributed by atoms with van der Waals surface area (Å²) in [6.45, 7) is 6.97. The summed E-state index contributed by atoms with van der Waals surface area (Å²) in [5.41, 5.74) is -0.223. The molecule has 2 N–H and O–H groups in total. The van der Waals surface area contributed by atoms with E-state index in [1.165, 1.54) is 6.92 Å². The molecule has 0 unspecified atom stereocenters. The van der Waals surface area contributed by atoms with Crippen LogP contribution in [0.2, 0.25) is 4.34 Å². The van der Waals surface area contributed by atoms with Crippen molar-refractivity contribution in [2.24, 2.45) is 0 Å². The van der Waals surface area contributed by atoms with E-state index in [9.17, 15) is 23.2 Å². The third-order valence-electron chi connectivity index (χ3n) is 4.05. The lowest BCUT2D eigenvalue weighted by Crippen LogP contribution is -2.53. The number of thiophene rings is 1. The van der Waals surface area contributed by atoms with Crippen LogP contribution in [0.4, 0.5) is 13.8 Å². The highest BCUT2D eigenvalue weighted by Gasteiger charge is 2.30. The van der Waals surface area contributed by atoms with E-state index in [-0.39, 0.29) is 24.1 Å². The van der Waals surface area contributed by atoms with E-state index < -0.39 is 35.4 Å². The highest BCUT2D eigenvalue weighted by atomic mass is 35.5. The van der Waals surface area contributed by atoms with Crippen LogP contribution >= 0.6 is 22.9 Å². The van der Waals surface area contributed by atoms with Gasteiger partial charge in [0.1, 0.15) is 22.7 Å². The Labute approximate surface area is 188 Å². The van der Waals surface area contributed by atoms with Crippen LogP contribution in [0.15, 0.2) is 30.3 Å². The molecule has 0 spiro atoms. The average Bonchev–Trinajstić information content (AvgIpc) is 3.04. The molecule has 1 aromatic carbocycles. The van der Waals surface area contributed by atoms with E-state index in [2.05, 4.69) is 10.6 Å². The van der Waals surface area contributed by atoms with Crippen LogP contribution in [-0.2, 0) is 20.8 Å².